The first-order chi connectivity index (χ1) is 13.3. The number of aromatic nitrogens is 6. The molecule has 0 radical (unpaired) electrons. The van der Waals surface area contributed by atoms with E-state index in [1.165, 1.54) is 0 Å². The van der Waals surface area contributed by atoms with E-state index in [1.54, 1.807) is 4.52 Å². The minimum absolute atomic E-state index is 0.622. The van der Waals surface area contributed by atoms with Crippen LogP contribution in [0.4, 0.5) is 0 Å². The lowest BCUT2D eigenvalue weighted by Gasteiger charge is -2.07. The Morgan fingerprint density at radius 3 is 2.74 bits per heavy atom. The minimum Gasteiger partial charge on any atom is -0.361 e. The first kappa shape index (κ1) is 15.6. The second-order valence-electron chi connectivity index (χ2n) is 6.39. The van der Waals surface area contributed by atoms with Gasteiger partial charge in [-0.05, 0) is 38.0 Å². The van der Waals surface area contributed by atoms with Crippen LogP contribution in [-0.4, -0.2) is 30.0 Å². The number of pyridine rings is 1. The van der Waals surface area contributed by atoms with E-state index < -0.39 is 0 Å². The topological polar surface area (TPSA) is 82.0 Å². The molecule has 0 spiro atoms. The summed E-state index contributed by atoms with van der Waals surface area (Å²) >= 11 is 0. The maximum absolute atomic E-state index is 5.20. The Labute approximate surface area is 154 Å². The first-order valence-corrected chi connectivity index (χ1v) is 8.76. The molecule has 5 aromatic rings. The lowest BCUT2D eigenvalue weighted by molar-refractivity contribution is 0.399. The van der Waals surface area contributed by atoms with Gasteiger partial charge in [-0.15, -0.1) is 5.10 Å². The molecule has 27 heavy (non-hydrogen) atoms. The molecule has 4 aromatic heterocycles. The van der Waals surface area contributed by atoms with E-state index in [0.29, 0.717) is 17.0 Å². The average molecular weight is 356 g/mol. The third-order valence-corrected chi connectivity index (χ3v) is 4.55. The molecule has 0 aliphatic carbocycles. The summed E-state index contributed by atoms with van der Waals surface area (Å²) in [6, 6.07) is 15.9. The fourth-order valence-electron chi connectivity index (χ4n) is 3.26. The predicted octanol–water partition coefficient (Wildman–Crippen LogP) is 3.42. The maximum atomic E-state index is 5.20. The largest absolute Gasteiger partial charge is 0.361 e. The van der Waals surface area contributed by atoms with Crippen LogP contribution in [0.1, 0.15) is 17.1 Å². The third kappa shape index (κ3) is 2.73. The maximum Gasteiger partial charge on any atom is 0.186 e. The Morgan fingerprint density at radius 1 is 1.04 bits per heavy atom. The fourth-order valence-corrected chi connectivity index (χ4v) is 3.26. The number of nitrogens with zero attached hydrogens (tertiary/aromatic N) is 6. The van der Waals surface area contributed by atoms with Gasteiger partial charge >= 0.3 is 0 Å². The van der Waals surface area contributed by atoms with Crippen molar-refractivity contribution in [1.29, 1.82) is 0 Å². The van der Waals surface area contributed by atoms with Crippen molar-refractivity contribution in [3.05, 3.63) is 71.9 Å². The second-order valence-corrected chi connectivity index (χ2v) is 6.39. The molecular formula is C20H16N6O. The Morgan fingerprint density at radius 2 is 1.93 bits per heavy atom. The summed E-state index contributed by atoms with van der Waals surface area (Å²) in [4.78, 5) is 9.31. The molecule has 0 aliphatic heterocycles. The number of hydrogen-bond acceptors (Lipinski definition) is 6. The summed E-state index contributed by atoms with van der Waals surface area (Å²) in [5.41, 5.74) is 4.95. The van der Waals surface area contributed by atoms with Gasteiger partial charge in [0.1, 0.15) is 11.5 Å². The Bertz CT molecular complexity index is 1240. The van der Waals surface area contributed by atoms with E-state index in [1.807, 2.05) is 55.6 Å². The SMILES string of the molecule is Cc1cc(-c2nnn3c2nc(CCc2ccccn2)c2ccccc23)no1. The molecule has 7 heteroatoms. The highest BCUT2D eigenvalue weighted by molar-refractivity contribution is 5.86. The normalized spacial score (nSPS) is 11.4. The van der Waals surface area contributed by atoms with Gasteiger partial charge in [-0.25, -0.2) is 4.98 Å². The zero-order valence-electron chi connectivity index (χ0n) is 14.7. The summed E-state index contributed by atoms with van der Waals surface area (Å²) < 4.78 is 6.96. The highest BCUT2D eigenvalue weighted by Crippen LogP contribution is 2.26. The van der Waals surface area contributed by atoms with Gasteiger partial charge in [0.15, 0.2) is 11.3 Å². The lowest BCUT2D eigenvalue weighted by atomic mass is 10.1. The molecule has 0 bridgehead atoms. The van der Waals surface area contributed by atoms with Gasteiger partial charge < -0.3 is 4.52 Å². The van der Waals surface area contributed by atoms with Crippen molar-refractivity contribution < 1.29 is 4.52 Å². The number of fused-ring (bicyclic) bond motifs is 3. The van der Waals surface area contributed by atoms with Gasteiger partial charge in [0.2, 0.25) is 0 Å². The molecule has 0 amide bonds. The summed E-state index contributed by atoms with van der Waals surface area (Å²) in [6.07, 6.45) is 3.40. The van der Waals surface area contributed by atoms with Gasteiger partial charge in [-0.1, -0.05) is 34.6 Å². The lowest BCUT2D eigenvalue weighted by Crippen LogP contribution is -2.02. The average Bonchev–Trinajstić information content (AvgIpc) is 3.33. The molecule has 0 N–H and O–H groups in total. The third-order valence-electron chi connectivity index (χ3n) is 4.55. The molecule has 5 rings (SSSR count). The number of aryl methyl sites for hydroxylation is 3. The number of para-hydroxylation sites is 1. The van der Waals surface area contributed by atoms with Crippen molar-refractivity contribution in [3.8, 4) is 11.4 Å². The van der Waals surface area contributed by atoms with Crippen LogP contribution < -0.4 is 0 Å². The van der Waals surface area contributed by atoms with Gasteiger partial charge in [0, 0.05) is 23.3 Å². The van der Waals surface area contributed by atoms with Crippen molar-refractivity contribution >= 4 is 16.6 Å². The Kier molecular flexibility index (Phi) is 3.64. The standard InChI is InChI=1S/C20H16N6O/c1-13-12-17(24-27-13)19-20-22-16(10-9-14-6-4-5-11-21-14)15-7-2-3-8-18(15)26(20)25-23-19/h2-8,11-12H,9-10H2,1H3. The van der Waals surface area contributed by atoms with Crippen LogP contribution in [0.25, 0.3) is 27.9 Å². The van der Waals surface area contributed by atoms with Gasteiger partial charge in [0.25, 0.3) is 0 Å². The van der Waals surface area contributed by atoms with E-state index in [9.17, 15) is 0 Å². The number of hydrogen-bond donors (Lipinski definition) is 0. The monoisotopic (exact) mass is 356 g/mol. The molecule has 0 unspecified atom stereocenters. The fraction of sp³-hybridized carbons (Fsp3) is 0.150. The van der Waals surface area contributed by atoms with Crippen molar-refractivity contribution in [2.45, 2.75) is 19.8 Å². The minimum atomic E-state index is 0.622. The second kappa shape index (κ2) is 6.28. The van der Waals surface area contributed by atoms with Crippen LogP contribution in [0, 0.1) is 6.92 Å². The molecular weight excluding hydrogens is 340 g/mol. The Hall–Kier alpha value is -3.61. The van der Waals surface area contributed by atoms with Gasteiger partial charge in [0.05, 0.1) is 11.2 Å². The van der Waals surface area contributed by atoms with Crippen molar-refractivity contribution in [3.63, 3.8) is 0 Å². The summed E-state index contributed by atoms with van der Waals surface area (Å²) in [6.45, 7) is 1.85. The van der Waals surface area contributed by atoms with Gasteiger partial charge in [-0.2, -0.15) is 4.52 Å². The molecule has 4 heterocycles. The Balaban J connectivity index is 1.66. The summed E-state index contributed by atoms with van der Waals surface area (Å²) in [5, 5.41) is 13.7. The zero-order chi connectivity index (χ0) is 18.2. The molecule has 7 nitrogen and oxygen atoms in total. The molecule has 132 valence electrons. The van der Waals surface area contributed by atoms with Crippen LogP contribution in [0.2, 0.25) is 0 Å². The smallest absolute Gasteiger partial charge is 0.186 e. The number of benzene rings is 1. The summed E-state index contributed by atoms with van der Waals surface area (Å²) in [7, 11) is 0. The van der Waals surface area contributed by atoms with E-state index in [-0.39, 0.29) is 0 Å². The highest BCUT2D eigenvalue weighted by atomic mass is 16.5. The van der Waals surface area contributed by atoms with Crippen LogP contribution in [0.3, 0.4) is 0 Å². The van der Waals surface area contributed by atoms with Crippen molar-refractivity contribution in [2.24, 2.45) is 0 Å². The molecule has 0 fully saturated rings. The van der Waals surface area contributed by atoms with Crippen LogP contribution in [0.5, 0.6) is 0 Å². The van der Waals surface area contributed by atoms with Crippen LogP contribution >= 0.6 is 0 Å². The van der Waals surface area contributed by atoms with Gasteiger partial charge in [-0.3, -0.25) is 4.98 Å². The number of rotatable bonds is 4. The van der Waals surface area contributed by atoms with Crippen molar-refractivity contribution in [1.82, 2.24) is 30.0 Å². The quantitative estimate of drug-likeness (QED) is 0.491. The molecule has 0 aliphatic rings. The van der Waals surface area contributed by atoms with Crippen molar-refractivity contribution in [2.75, 3.05) is 0 Å². The predicted molar refractivity (Wildman–Crippen MR) is 100 cm³/mol. The van der Waals surface area contributed by atoms with Crippen LogP contribution in [0.15, 0.2) is 59.3 Å². The van der Waals surface area contributed by atoms with E-state index in [2.05, 4.69) is 26.5 Å². The molecule has 0 saturated heterocycles. The molecule has 1 aromatic carbocycles. The van der Waals surface area contributed by atoms with E-state index >= 15 is 0 Å². The molecule has 0 saturated carbocycles. The first-order valence-electron chi connectivity index (χ1n) is 8.76. The van der Waals surface area contributed by atoms with E-state index in [0.717, 1.165) is 40.9 Å². The molecule has 0 atom stereocenters. The van der Waals surface area contributed by atoms with Crippen LogP contribution in [-0.2, 0) is 12.8 Å². The van der Waals surface area contributed by atoms with E-state index in [4.69, 9.17) is 9.51 Å². The summed E-state index contributed by atoms with van der Waals surface area (Å²) in [5.74, 6) is 0.724. The highest BCUT2D eigenvalue weighted by Gasteiger charge is 2.18. The zero-order valence-corrected chi connectivity index (χ0v) is 14.7.